The molecule has 0 aromatic carbocycles. The van der Waals surface area contributed by atoms with Crippen molar-refractivity contribution in [3.8, 4) is 0 Å². The molecule has 19 heavy (non-hydrogen) atoms. The molecule has 2 aliphatic rings. The number of ether oxygens (including phenoxy) is 2. The Labute approximate surface area is 116 Å². The second kappa shape index (κ2) is 7.02. The van der Waals surface area contributed by atoms with Gasteiger partial charge in [0.05, 0.1) is 11.9 Å². The summed E-state index contributed by atoms with van der Waals surface area (Å²) in [5, 5.41) is 0. The summed E-state index contributed by atoms with van der Waals surface area (Å²) in [4.78, 5) is 0. The maximum atomic E-state index is 12.3. The van der Waals surface area contributed by atoms with Gasteiger partial charge in [0.2, 0.25) is 10.0 Å². The van der Waals surface area contributed by atoms with Gasteiger partial charge < -0.3 is 9.47 Å². The van der Waals surface area contributed by atoms with E-state index < -0.39 is 10.0 Å². The SMILES string of the molecule is COCC1CCN(S(=O)(=O)CC2CCCCO2)CC1. The summed E-state index contributed by atoms with van der Waals surface area (Å²) in [6.07, 6.45) is 4.71. The third-order valence-corrected chi connectivity index (χ3v) is 5.98. The Morgan fingerprint density at radius 1 is 1.21 bits per heavy atom. The second-order valence-corrected chi connectivity index (χ2v) is 7.58. The van der Waals surface area contributed by atoms with Crippen molar-refractivity contribution in [2.45, 2.75) is 38.2 Å². The summed E-state index contributed by atoms with van der Waals surface area (Å²) in [5.41, 5.74) is 0. The Morgan fingerprint density at radius 3 is 2.53 bits per heavy atom. The standard InChI is InChI=1S/C13H25NO4S/c1-17-10-12-5-7-14(8-6-12)19(15,16)11-13-4-2-3-9-18-13/h12-13H,2-11H2,1H3. The first kappa shape index (κ1) is 15.2. The zero-order chi connectivity index (χ0) is 13.7. The summed E-state index contributed by atoms with van der Waals surface area (Å²) in [6, 6.07) is 0. The molecule has 2 saturated heterocycles. The number of hydrogen-bond donors (Lipinski definition) is 0. The van der Waals surface area contributed by atoms with Crippen molar-refractivity contribution in [3.63, 3.8) is 0 Å². The molecule has 0 spiro atoms. The van der Waals surface area contributed by atoms with Gasteiger partial charge in [-0.1, -0.05) is 0 Å². The molecule has 112 valence electrons. The van der Waals surface area contributed by atoms with Crippen LogP contribution in [0.3, 0.4) is 0 Å². The average molecular weight is 291 g/mol. The second-order valence-electron chi connectivity index (χ2n) is 5.56. The molecule has 0 saturated carbocycles. The van der Waals surface area contributed by atoms with Crippen LogP contribution in [-0.2, 0) is 19.5 Å². The molecule has 0 N–H and O–H groups in total. The Balaban J connectivity index is 1.83. The van der Waals surface area contributed by atoms with Gasteiger partial charge in [0.25, 0.3) is 0 Å². The van der Waals surface area contributed by atoms with Crippen LogP contribution in [0.25, 0.3) is 0 Å². The van der Waals surface area contributed by atoms with Crippen molar-refractivity contribution >= 4 is 10.0 Å². The van der Waals surface area contributed by atoms with E-state index in [0.717, 1.165) is 38.7 Å². The Bertz CT molecular complexity index is 357. The van der Waals surface area contributed by atoms with Crippen LogP contribution in [0, 0.1) is 5.92 Å². The van der Waals surface area contributed by atoms with Crippen LogP contribution in [0.2, 0.25) is 0 Å². The minimum Gasteiger partial charge on any atom is -0.384 e. The summed E-state index contributed by atoms with van der Waals surface area (Å²) >= 11 is 0. The predicted octanol–water partition coefficient (Wildman–Crippen LogP) is 1.24. The van der Waals surface area contributed by atoms with Gasteiger partial charge in [-0.05, 0) is 38.0 Å². The minimum absolute atomic E-state index is 0.101. The maximum absolute atomic E-state index is 12.3. The molecule has 0 aliphatic carbocycles. The molecular weight excluding hydrogens is 266 g/mol. The van der Waals surface area contributed by atoms with E-state index in [2.05, 4.69) is 0 Å². The summed E-state index contributed by atoms with van der Waals surface area (Å²) < 4.78 is 37.0. The monoisotopic (exact) mass is 291 g/mol. The van der Waals surface area contributed by atoms with Crippen molar-refractivity contribution in [2.75, 3.05) is 39.2 Å². The van der Waals surface area contributed by atoms with E-state index in [9.17, 15) is 8.42 Å². The van der Waals surface area contributed by atoms with E-state index in [-0.39, 0.29) is 11.9 Å². The average Bonchev–Trinajstić information content (AvgIpc) is 2.40. The number of piperidine rings is 1. The summed E-state index contributed by atoms with van der Waals surface area (Å²) in [7, 11) is -1.46. The van der Waals surface area contributed by atoms with Gasteiger partial charge in [0.15, 0.2) is 0 Å². The van der Waals surface area contributed by atoms with Crippen molar-refractivity contribution in [1.82, 2.24) is 4.31 Å². The molecule has 2 rings (SSSR count). The lowest BCUT2D eigenvalue weighted by atomic mass is 9.99. The first-order valence-electron chi connectivity index (χ1n) is 7.20. The highest BCUT2D eigenvalue weighted by atomic mass is 32.2. The lowest BCUT2D eigenvalue weighted by molar-refractivity contribution is 0.0296. The molecule has 1 atom stereocenters. The molecule has 0 aromatic rings. The van der Waals surface area contributed by atoms with E-state index in [1.807, 2.05) is 0 Å². The molecule has 0 aromatic heterocycles. The zero-order valence-corrected chi connectivity index (χ0v) is 12.5. The van der Waals surface area contributed by atoms with E-state index in [1.54, 1.807) is 11.4 Å². The summed E-state index contributed by atoms with van der Waals surface area (Å²) in [5.74, 6) is 0.657. The fourth-order valence-electron chi connectivity index (χ4n) is 2.87. The molecule has 2 fully saturated rings. The van der Waals surface area contributed by atoms with Crippen molar-refractivity contribution in [3.05, 3.63) is 0 Å². The normalized spacial score (nSPS) is 27.5. The highest BCUT2D eigenvalue weighted by Gasteiger charge is 2.31. The van der Waals surface area contributed by atoms with Crippen LogP contribution in [0.1, 0.15) is 32.1 Å². The third kappa shape index (κ3) is 4.41. The van der Waals surface area contributed by atoms with Crippen molar-refractivity contribution < 1.29 is 17.9 Å². The predicted molar refractivity (Wildman–Crippen MR) is 73.6 cm³/mol. The minimum atomic E-state index is -3.15. The highest BCUT2D eigenvalue weighted by molar-refractivity contribution is 7.89. The molecule has 2 aliphatic heterocycles. The van der Waals surface area contributed by atoms with Gasteiger partial charge in [0, 0.05) is 33.4 Å². The molecule has 6 heteroatoms. The van der Waals surface area contributed by atoms with Gasteiger partial charge >= 0.3 is 0 Å². The number of hydrogen-bond acceptors (Lipinski definition) is 4. The molecule has 2 heterocycles. The number of nitrogens with zero attached hydrogens (tertiary/aromatic N) is 1. The first-order chi connectivity index (χ1) is 9.12. The van der Waals surface area contributed by atoms with E-state index in [4.69, 9.17) is 9.47 Å². The van der Waals surface area contributed by atoms with Gasteiger partial charge in [-0.25, -0.2) is 12.7 Å². The van der Waals surface area contributed by atoms with Crippen LogP contribution < -0.4 is 0 Å². The van der Waals surface area contributed by atoms with E-state index >= 15 is 0 Å². The molecule has 5 nitrogen and oxygen atoms in total. The van der Waals surface area contributed by atoms with Crippen molar-refractivity contribution in [1.29, 1.82) is 0 Å². The Morgan fingerprint density at radius 2 is 1.95 bits per heavy atom. The van der Waals surface area contributed by atoms with Crippen LogP contribution >= 0.6 is 0 Å². The van der Waals surface area contributed by atoms with E-state index in [0.29, 0.717) is 25.6 Å². The van der Waals surface area contributed by atoms with Crippen LogP contribution in [0.4, 0.5) is 0 Å². The molecular formula is C13H25NO4S. The van der Waals surface area contributed by atoms with Crippen LogP contribution in [0.15, 0.2) is 0 Å². The van der Waals surface area contributed by atoms with Gasteiger partial charge in [-0.3, -0.25) is 0 Å². The molecule has 0 radical (unpaired) electrons. The summed E-state index contributed by atoms with van der Waals surface area (Å²) in [6.45, 7) is 2.70. The van der Waals surface area contributed by atoms with E-state index in [1.165, 1.54) is 0 Å². The molecule has 0 bridgehead atoms. The number of sulfonamides is 1. The quantitative estimate of drug-likeness (QED) is 0.765. The van der Waals surface area contributed by atoms with Gasteiger partial charge in [-0.2, -0.15) is 0 Å². The Hall–Kier alpha value is -0.170. The lowest BCUT2D eigenvalue weighted by Gasteiger charge is -2.32. The topological polar surface area (TPSA) is 55.8 Å². The fourth-order valence-corrected chi connectivity index (χ4v) is 4.58. The third-order valence-electron chi connectivity index (χ3n) is 4.04. The molecule has 0 amide bonds. The zero-order valence-electron chi connectivity index (χ0n) is 11.7. The first-order valence-corrected chi connectivity index (χ1v) is 8.81. The van der Waals surface area contributed by atoms with Crippen LogP contribution in [-0.4, -0.2) is 58.0 Å². The highest BCUT2D eigenvalue weighted by Crippen LogP contribution is 2.22. The van der Waals surface area contributed by atoms with Gasteiger partial charge in [0.1, 0.15) is 0 Å². The van der Waals surface area contributed by atoms with Crippen LogP contribution in [0.5, 0.6) is 0 Å². The lowest BCUT2D eigenvalue weighted by Crippen LogP contribution is -2.43. The largest absolute Gasteiger partial charge is 0.384 e. The molecule has 1 unspecified atom stereocenters. The number of rotatable bonds is 5. The smallest absolute Gasteiger partial charge is 0.216 e. The Kier molecular flexibility index (Phi) is 5.62. The van der Waals surface area contributed by atoms with Gasteiger partial charge in [-0.15, -0.1) is 0 Å². The maximum Gasteiger partial charge on any atom is 0.216 e. The van der Waals surface area contributed by atoms with Crippen molar-refractivity contribution in [2.24, 2.45) is 5.92 Å². The fraction of sp³-hybridized carbons (Fsp3) is 1.00. The number of methoxy groups -OCH3 is 1.